The van der Waals surface area contributed by atoms with Crippen LogP contribution in [-0.4, -0.2) is 30.1 Å². The normalized spacial score (nSPS) is 9.96. The first kappa shape index (κ1) is 21.5. The van der Waals surface area contributed by atoms with Crippen molar-refractivity contribution in [1.29, 1.82) is 0 Å². The first-order valence-electron chi connectivity index (χ1n) is 8.30. The standard InChI is InChI=1S/C19H20ClN3O4S/c1-12-4-3-5-15(8-12)26-10-17(24)21-19(28)23-22-18(25)11-27-16-7-6-14(20)9-13(16)2/h3-9H,10-11H2,1-2H3,(H,22,25)(H2,21,23,24,28). The van der Waals surface area contributed by atoms with Gasteiger partial charge in [-0.1, -0.05) is 23.7 Å². The number of hydrogen-bond acceptors (Lipinski definition) is 5. The van der Waals surface area contributed by atoms with Gasteiger partial charge in [-0.3, -0.25) is 25.8 Å². The van der Waals surface area contributed by atoms with E-state index in [0.717, 1.165) is 11.1 Å². The van der Waals surface area contributed by atoms with E-state index in [1.165, 1.54) is 0 Å². The first-order chi connectivity index (χ1) is 13.3. The number of thiocarbonyl (C=S) groups is 1. The third kappa shape index (κ3) is 7.42. The molecule has 3 N–H and O–H groups in total. The maximum absolute atomic E-state index is 11.8. The lowest BCUT2D eigenvalue weighted by Crippen LogP contribution is -2.50. The lowest BCUT2D eigenvalue weighted by molar-refractivity contribution is -0.124. The summed E-state index contributed by atoms with van der Waals surface area (Å²) in [5.74, 6) is 0.198. The third-order valence-corrected chi connectivity index (χ3v) is 3.86. The molecule has 0 aliphatic carbocycles. The molecule has 28 heavy (non-hydrogen) atoms. The number of carbonyl (C=O) groups excluding carboxylic acids is 2. The molecule has 0 heterocycles. The van der Waals surface area contributed by atoms with E-state index in [4.69, 9.17) is 33.3 Å². The molecule has 0 aliphatic rings. The van der Waals surface area contributed by atoms with Gasteiger partial charge in [0.25, 0.3) is 11.8 Å². The van der Waals surface area contributed by atoms with Gasteiger partial charge in [0, 0.05) is 5.02 Å². The van der Waals surface area contributed by atoms with Crippen LogP contribution in [0.4, 0.5) is 0 Å². The molecule has 2 aromatic rings. The number of carbonyl (C=O) groups is 2. The van der Waals surface area contributed by atoms with Crippen LogP contribution in [0.1, 0.15) is 11.1 Å². The zero-order valence-electron chi connectivity index (χ0n) is 15.4. The van der Waals surface area contributed by atoms with Crippen LogP contribution in [-0.2, 0) is 9.59 Å². The summed E-state index contributed by atoms with van der Waals surface area (Å²) in [7, 11) is 0. The molecule has 2 aromatic carbocycles. The maximum atomic E-state index is 11.8. The molecular weight excluding hydrogens is 402 g/mol. The van der Waals surface area contributed by atoms with E-state index >= 15 is 0 Å². The Morgan fingerprint density at radius 2 is 1.75 bits per heavy atom. The Kier molecular flexibility index (Phi) is 8.03. The average Bonchev–Trinajstić information content (AvgIpc) is 2.64. The van der Waals surface area contributed by atoms with Crippen LogP contribution in [0.15, 0.2) is 42.5 Å². The average molecular weight is 422 g/mol. The quantitative estimate of drug-likeness (QED) is 0.490. The molecule has 9 heteroatoms. The second kappa shape index (κ2) is 10.5. The molecule has 0 aliphatic heterocycles. The van der Waals surface area contributed by atoms with Crippen molar-refractivity contribution in [3.05, 3.63) is 58.6 Å². The van der Waals surface area contributed by atoms with Crippen molar-refractivity contribution in [3.63, 3.8) is 0 Å². The molecule has 0 bridgehead atoms. The summed E-state index contributed by atoms with van der Waals surface area (Å²) in [6, 6.07) is 12.4. The minimum atomic E-state index is -0.470. The van der Waals surface area contributed by atoms with Crippen molar-refractivity contribution in [3.8, 4) is 11.5 Å². The zero-order valence-corrected chi connectivity index (χ0v) is 16.9. The number of benzene rings is 2. The van der Waals surface area contributed by atoms with Crippen LogP contribution in [0.25, 0.3) is 0 Å². The maximum Gasteiger partial charge on any atom is 0.276 e. The predicted molar refractivity (Wildman–Crippen MR) is 110 cm³/mol. The Labute approximate surface area is 173 Å². The topological polar surface area (TPSA) is 88.7 Å². The van der Waals surface area contributed by atoms with Gasteiger partial charge >= 0.3 is 0 Å². The summed E-state index contributed by atoms with van der Waals surface area (Å²) in [6.45, 7) is 3.30. The summed E-state index contributed by atoms with van der Waals surface area (Å²) in [4.78, 5) is 23.6. The number of nitrogens with one attached hydrogen (secondary N) is 3. The minimum absolute atomic E-state index is 0.0612. The molecule has 0 atom stereocenters. The molecule has 2 rings (SSSR count). The van der Waals surface area contributed by atoms with Crippen LogP contribution in [0, 0.1) is 13.8 Å². The lowest BCUT2D eigenvalue weighted by Gasteiger charge is -2.12. The van der Waals surface area contributed by atoms with Crippen LogP contribution in [0.2, 0.25) is 5.02 Å². The summed E-state index contributed by atoms with van der Waals surface area (Å²) in [5, 5.41) is 2.92. The fourth-order valence-corrected chi connectivity index (χ4v) is 2.52. The Hall–Kier alpha value is -2.84. The highest BCUT2D eigenvalue weighted by molar-refractivity contribution is 7.80. The van der Waals surface area contributed by atoms with Crippen molar-refractivity contribution >= 4 is 40.7 Å². The highest BCUT2D eigenvalue weighted by atomic mass is 35.5. The van der Waals surface area contributed by atoms with E-state index in [0.29, 0.717) is 16.5 Å². The highest BCUT2D eigenvalue weighted by Gasteiger charge is 2.08. The van der Waals surface area contributed by atoms with E-state index < -0.39 is 11.8 Å². The molecule has 0 saturated heterocycles. The number of halogens is 1. The van der Waals surface area contributed by atoms with E-state index in [1.807, 2.05) is 32.0 Å². The molecule has 0 aromatic heterocycles. The SMILES string of the molecule is Cc1cccc(OCC(=O)NC(=S)NNC(=O)COc2ccc(Cl)cc2C)c1. The van der Waals surface area contributed by atoms with E-state index in [2.05, 4.69) is 16.2 Å². The van der Waals surface area contributed by atoms with Gasteiger partial charge in [-0.15, -0.1) is 0 Å². The third-order valence-electron chi connectivity index (χ3n) is 3.42. The number of hydrazine groups is 1. The van der Waals surface area contributed by atoms with Crippen LogP contribution < -0.4 is 25.6 Å². The second-order valence-corrected chi connectivity index (χ2v) is 6.70. The summed E-state index contributed by atoms with van der Waals surface area (Å²) < 4.78 is 10.8. The largest absolute Gasteiger partial charge is 0.484 e. The fourth-order valence-electron chi connectivity index (χ4n) is 2.13. The number of aryl methyl sites for hydroxylation is 2. The van der Waals surface area contributed by atoms with Gasteiger partial charge in [-0.25, -0.2) is 0 Å². The highest BCUT2D eigenvalue weighted by Crippen LogP contribution is 2.21. The molecule has 7 nitrogen and oxygen atoms in total. The number of hydrogen-bond donors (Lipinski definition) is 3. The Morgan fingerprint density at radius 3 is 2.46 bits per heavy atom. The predicted octanol–water partition coefficient (Wildman–Crippen LogP) is 2.44. The minimum Gasteiger partial charge on any atom is -0.484 e. The number of ether oxygens (including phenoxy) is 2. The van der Waals surface area contributed by atoms with Crippen LogP contribution >= 0.6 is 23.8 Å². The summed E-state index contributed by atoms with van der Waals surface area (Å²) in [5.41, 5.74) is 6.59. The molecule has 0 unspecified atom stereocenters. The second-order valence-electron chi connectivity index (χ2n) is 5.85. The van der Waals surface area contributed by atoms with Crippen molar-refractivity contribution in [1.82, 2.24) is 16.2 Å². The van der Waals surface area contributed by atoms with Crippen molar-refractivity contribution in [2.75, 3.05) is 13.2 Å². The Balaban J connectivity index is 1.66. The molecule has 0 spiro atoms. The zero-order chi connectivity index (χ0) is 20.5. The summed E-state index contributed by atoms with van der Waals surface area (Å²) in [6.07, 6.45) is 0. The number of rotatable bonds is 6. The summed E-state index contributed by atoms with van der Waals surface area (Å²) >= 11 is 10.8. The smallest absolute Gasteiger partial charge is 0.276 e. The van der Waals surface area contributed by atoms with Crippen molar-refractivity contribution in [2.45, 2.75) is 13.8 Å². The van der Waals surface area contributed by atoms with Crippen molar-refractivity contribution < 1.29 is 19.1 Å². The first-order valence-corrected chi connectivity index (χ1v) is 9.09. The lowest BCUT2D eigenvalue weighted by atomic mass is 10.2. The van der Waals surface area contributed by atoms with Gasteiger partial charge in [0.2, 0.25) is 0 Å². The van der Waals surface area contributed by atoms with E-state index in [-0.39, 0.29) is 18.3 Å². The van der Waals surface area contributed by atoms with Gasteiger partial charge in [-0.2, -0.15) is 0 Å². The van der Waals surface area contributed by atoms with Crippen LogP contribution in [0.5, 0.6) is 11.5 Å². The Morgan fingerprint density at radius 1 is 1.00 bits per heavy atom. The van der Waals surface area contributed by atoms with Crippen molar-refractivity contribution in [2.24, 2.45) is 0 Å². The monoisotopic (exact) mass is 421 g/mol. The molecule has 0 fully saturated rings. The molecule has 0 radical (unpaired) electrons. The molecule has 148 valence electrons. The Bertz CT molecular complexity index is 876. The van der Waals surface area contributed by atoms with Crippen LogP contribution in [0.3, 0.4) is 0 Å². The number of amides is 2. The van der Waals surface area contributed by atoms with Gasteiger partial charge in [0.15, 0.2) is 18.3 Å². The van der Waals surface area contributed by atoms with Gasteiger partial charge < -0.3 is 9.47 Å². The van der Waals surface area contributed by atoms with E-state index in [1.54, 1.807) is 24.3 Å². The van der Waals surface area contributed by atoms with E-state index in [9.17, 15) is 9.59 Å². The van der Waals surface area contributed by atoms with Gasteiger partial charge in [0.1, 0.15) is 11.5 Å². The van der Waals surface area contributed by atoms with Gasteiger partial charge in [-0.05, 0) is 67.5 Å². The molecular formula is C19H20ClN3O4S. The molecule has 0 saturated carbocycles. The fraction of sp³-hybridized carbons (Fsp3) is 0.211. The van der Waals surface area contributed by atoms with Gasteiger partial charge in [0.05, 0.1) is 0 Å². The molecule has 2 amide bonds.